The summed E-state index contributed by atoms with van der Waals surface area (Å²) in [5, 5.41) is 10.1. The van der Waals surface area contributed by atoms with Crippen LogP contribution in [0.25, 0.3) is 0 Å². The maximum absolute atomic E-state index is 12.5. The molecule has 2 aliphatic carbocycles. The number of nitrogens with zero attached hydrogens (tertiary/aromatic N) is 2. The van der Waals surface area contributed by atoms with E-state index in [1.54, 1.807) is 14.0 Å². The molecule has 2 aromatic rings. The van der Waals surface area contributed by atoms with Crippen LogP contribution in [-0.2, 0) is 18.3 Å². The Balaban J connectivity index is 1.72. The summed E-state index contributed by atoms with van der Waals surface area (Å²) >= 11 is 0. The summed E-state index contributed by atoms with van der Waals surface area (Å²) in [4.78, 5) is 19.7. The van der Waals surface area contributed by atoms with Crippen LogP contribution in [0.3, 0.4) is 0 Å². The minimum absolute atomic E-state index is 0.141. The molecule has 1 aromatic heterocycles. The van der Waals surface area contributed by atoms with E-state index in [1.165, 1.54) is 12.8 Å². The lowest BCUT2D eigenvalue weighted by molar-refractivity contribution is 0.200. The highest BCUT2D eigenvalue weighted by atomic mass is 16.5. The summed E-state index contributed by atoms with van der Waals surface area (Å²) < 4.78 is 11.7. The highest BCUT2D eigenvalue weighted by Crippen LogP contribution is 2.41. The van der Waals surface area contributed by atoms with Crippen LogP contribution >= 0.6 is 0 Å². The predicted molar refractivity (Wildman–Crippen MR) is 105 cm³/mol. The Morgan fingerprint density at radius 3 is 2.79 bits per heavy atom. The number of nitrogens with one attached hydrogen (secondary N) is 1. The van der Waals surface area contributed by atoms with Crippen LogP contribution in [0.2, 0.25) is 0 Å². The number of aromatic nitrogens is 2. The smallest absolute Gasteiger partial charge is 0.254 e. The number of fused-ring (bicyclic) bond motifs is 1. The molecule has 1 aromatic carbocycles. The molecule has 6 heteroatoms. The van der Waals surface area contributed by atoms with Gasteiger partial charge in [-0.15, -0.1) is 0 Å². The van der Waals surface area contributed by atoms with Crippen LogP contribution in [0.1, 0.15) is 54.7 Å². The summed E-state index contributed by atoms with van der Waals surface area (Å²) in [5.74, 6) is 1.98. The lowest BCUT2D eigenvalue weighted by Crippen LogP contribution is -2.36. The van der Waals surface area contributed by atoms with E-state index in [9.17, 15) is 10.1 Å². The van der Waals surface area contributed by atoms with Crippen LogP contribution in [-0.4, -0.2) is 23.2 Å². The normalized spacial score (nSPS) is 21.8. The standard InChI is InChI=1S/C22H25N3O3/c1-14-24-18-9-10-22(13-23,12-17(18)21(26)25-14)15-7-8-19(27-2)20(11-15)28-16-5-3-4-6-16/h7-8,11,16H,3-6,9-10,12H2,1-2H3,(H,24,25,26). The summed E-state index contributed by atoms with van der Waals surface area (Å²) in [6.07, 6.45) is 6.25. The van der Waals surface area contributed by atoms with Gasteiger partial charge in [0.15, 0.2) is 11.5 Å². The molecule has 0 bridgehead atoms. The van der Waals surface area contributed by atoms with Crippen molar-refractivity contribution in [3.63, 3.8) is 0 Å². The van der Waals surface area contributed by atoms with Crippen molar-refractivity contribution in [1.29, 1.82) is 5.26 Å². The highest BCUT2D eigenvalue weighted by Gasteiger charge is 2.39. The molecule has 146 valence electrons. The van der Waals surface area contributed by atoms with Crippen molar-refractivity contribution in [3.05, 3.63) is 51.2 Å². The number of hydrogen-bond donors (Lipinski definition) is 1. The largest absolute Gasteiger partial charge is 0.493 e. The zero-order chi connectivity index (χ0) is 19.7. The number of aromatic amines is 1. The first-order valence-corrected chi connectivity index (χ1v) is 9.90. The molecule has 1 heterocycles. The van der Waals surface area contributed by atoms with Gasteiger partial charge in [0.05, 0.1) is 30.4 Å². The van der Waals surface area contributed by atoms with Gasteiger partial charge in [0, 0.05) is 12.0 Å². The van der Waals surface area contributed by atoms with Gasteiger partial charge < -0.3 is 14.5 Å². The number of rotatable bonds is 4. The van der Waals surface area contributed by atoms with E-state index >= 15 is 0 Å². The molecular formula is C22H25N3O3. The first kappa shape index (κ1) is 18.5. The van der Waals surface area contributed by atoms with Gasteiger partial charge in [0.25, 0.3) is 5.56 Å². The summed E-state index contributed by atoms with van der Waals surface area (Å²) in [6, 6.07) is 8.22. The number of ether oxygens (including phenoxy) is 2. The molecule has 0 radical (unpaired) electrons. The van der Waals surface area contributed by atoms with Crippen LogP contribution in [0, 0.1) is 18.3 Å². The maximum atomic E-state index is 12.5. The second-order valence-corrected chi connectivity index (χ2v) is 7.84. The van der Waals surface area contributed by atoms with Gasteiger partial charge in [-0.05, 0) is 63.1 Å². The Labute approximate surface area is 164 Å². The van der Waals surface area contributed by atoms with Crippen molar-refractivity contribution in [1.82, 2.24) is 9.97 Å². The van der Waals surface area contributed by atoms with E-state index < -0.39 is 5.41 Å². The monoisotopic (exact) mass is 379 g/mol. The van der Waals surface area contributed by atoms with E-state index in [0.717, 1.165) is 24.1 Å². The summed E-state index contributed by atoms with van der Waals surface area (Å²) in [6.45, 7) is 1.78. The molecule has 0 spiro atoms. The lowest BCUT2D eigenvalue weighted by atomic mass is 9.69. The Bertz CT molecular complexity index is 985. The number of benzene rings is 1. The number of aryl methyl sites for hydroxylation is 2. The Hall–Kier alpha value is -2.81. The van der Waals surface area contributed by atoms with Crippen molar-refractivity contribution in [2.75, 3.05) is 7.11 Å². The van der Waals surface area contributed by atoms with E-state index in [4.69, 9.17) is 9.47 Å². The first-order valence-electron chi connectivity index (χ1n) is 9.90. The fourth-order valence-electron chi connectivity index (χ4n) is 4.44. The number of hydrogen-bond acceptors (Lipinski definition) is 5. The third-order valence-electron chi connectivity index (χ3n) is 6.01. The SMILES string of the molecule is COc1ccc(C2(C#N)CCc3nc(C)[nH]c(=O)c3C2)cc1OC1CCCC1. The summed E-state index contributed by atoms with van der Waals surface area (Å²) in [5.41, 5.74) is 1.39. The van der Waals surface area contributed by atoms with Crippen LogP contribution < -0.4 is 15.0 Å². The fourth-order valence-corrected chi connectivity index (χ4v) is 4.44. The molecule has 1 atom stereocenters. The quantitative estimate of drug-likeness (QED) is 0.880. The average Bonchev–Trinajstić information content (AvgIpc) is 3.21. The predicted octanol–water partition coefficient (Wildman–Crippen LogP) is 3.36. The second-order valence-electron chi connectivity index (χ2n) is 7.84. The zero-order valence-corrected chi connectivity index (χ0v) is 16.4. The second kappa shape index (κ2) is 7.31. The molecule has 1 unspecified atom stereocenters. The van der Waals surface area contributed by atoms with Gasteiger partial charge in [-0.25, -0.2) is 4.98 Å². The molecule has 1 N–H and O–H groups in total. The molecule has 6 nitrogen and oxygen atoms in total. The first-order chi connectivity index (χ1) is 13.5. The van der Waals surface area contributed by atoms with Crippen LogP contribution in [0.4, 0.5) is 0 Å². The highest BCUT2D eigenvalue weighted by molar-refractivity contribution is 5.49. The van der Waals surface area contributed by atoms with Gasteiger partial charge >= 0.3 is 0 Å². The molecule has 0 amide bonds. The Morgan fingerprint density at radius 2 is 2.07 bits per heavy atom. The Kier molecular flexibility index (Phi) is 4.84. The minimum atomic E-state index is -0.767. The molecule has 28 heavy (non-hydrogen) atoms. The molecule has 1 saturated carbocycles. The van der Waals surface area contributed by atoms with E-state index in [0.29, 0.717) is 42.1 Å². The van der Waals surface area contributed by atoms with Crippen molar-refractivity contribution in [3.8, 4) is 17.6 Å². The Morgan fingerprint density at radius 1 is 1.29 bits per heavy atom. The number of methoxy groups -OCH3 is 1. The fraction of sp³-hybridized carbons (Fsp3) is 0.500. The number of H-pyrrole nitrogens is 1. The molecule has 1 fully saturated rings. The third kappa shape index (κ3) is 3.26. The van der Waals surface area contributed by atoms with E-state index in [2.05, 4.69) is 16.0 Å². The van der Waals surface area contributed by atoms with Gasteiger partial charge in [-0.1, -0.05) is 6.07 Å². The minimum Gasteiger partial charge on any atom is -0.493 e. The number of nitriles is 1. The van der Waals surface area contributed by atoms with Crippen molar-refractivity contribution in [2.24, 2.45) is 0 Å². The van der Waals surface area contributed by atoms with E-state index in [1.807, 2.05) is 18.2 Å². The zero-order valence-electron chi connectivity index (χ0n) is 16.4. The average molecular weight is 379 g/mol. The lowest BCUT2D eigenvalue weighted by Gasteiger charge is -2.32. The molecule has 0 saturated heterocycles. The molecule has 4 rings (SSSR count). The van der Waals surface area contributed by atoms with Gasteiger partial charge in [0.2, 0.25) is 0 Å². The van der Waals surface area contributed by atoms with Gasteiger partial charge in [0.1, 0.15) is 5.82 Å². The summed E-state index contributed by atoms with van der Waals surface area (Å²) in [7, 11) is 1.63. The van der Waals surface area contributed by atoms with Crippen molar-refractivity contribution >= 4 is 0 Å². The van der Waals surface area contributed by atoms with Gasteiger partial charge in [-0.2, -0.15) is 5.26 Å². The van der Waals surface area contributed by atoms with Crippen molar-refractivity contribution in [2.45, 2.75) is 63.4 Å². The third-order valence-corrected chi connectivity index (χ3v) is 6.01. The molecule has 0 aliphatic heterocycles. The van der Waals surface area contributed by atoms with Crippen LogP contribution in [0.5, 0.6) is 11.5 Å². The van der Waals surface area contributed by atoms with Gasteiger partial charge in [-0.3, -0.25) is 4.79 Å². The molecular weight excluding hydrogens is 354 g/mol. The van der Waals surface area contributed by atoms with Crippen molar-refractivity contribution < 1.29 is 9.47 Å². The molecule has 2 aliphatic rings. The van der Waals surface area contributed by atoms with Crippen LogP contribution in [0.15, 0.2) is 23.0 Å². The maximum Gasteiger partial charge on any atom is 0.254 e. The topological polar surface area (TPSA) is 88.0 Å². The van der Waals surface area contributed by atoms with E-state index in [-0.39, 0.29) is 11.7 Å².